The minimum absolute atomic E-state index is 0.149. The second kappa shape index (κ2) is 5.39. The molecule has 1 aromatic heterocycles. The molecular formula is C18H18N2O2. The molecule has 0 unspecified atom stereocenters. The molecule has 0 spiro atoms. The number of nitrogens with zero attached hydrogens (tertiary/aromatic N) is 2. The van der Waals surface area contributed by atoms with Crippen molar-refractivity contribution >= 4 is 10.8 Å². The third-order valence-electron chi connectivity index (χ3n) is 3.45. The normalized spacial score (nSPS) is 11.8. The molecular weight excluding hydrogens is 276 g/mol. The van der Waals surface area contributed by atoms with Crippen molar-refractivity contribution in [3.05, 3.63) is 65.0 Å². The van der Waals surface area contributed by atoms with E-state index in [-0.39, 0.29) is 12.1 Å². The lowest BCUT2D eigenvalue weighted by molar-refractivity contribution is 0.0564. The monoisotopic (exact) mass is 294 g/mol. The summed E-state index contributed by atoms with van der Waals surface area (Å²) in [6.07, 6.45) is 0. The van der Waals surface area contributed by atoms with Gasteiger partial charge in [-0.25, -0.2) is 4.68 Å². The van der Waals surface area contributed by atoms with E-state index in [9.17, 15) is 9.90 Å². The fraction of sp³-hybridized carbons (Fsp3) is 0.222. The molecule has 112 valence electrons. The van der Waals surface area contributed by atoms with Gasteiger partial charge in [-0.3, -0.25) is 4.79 Å². The number of hydrogen-bond acceptors (Lipinski definition) is 3. The van der Waals surface area contributed by atoms with Crippen molar-refractivity contribution in [3.63, 3.8) is 0 Å². The molecule has 0 saturated carbocycles. The maximum Gasteiger partial charge on any atom is 0.274 e. The van der Waals surface area contributed by atoms with E-state index in [4.69, 9.17) is 0 Å². The minimum atomic E-state index is -1.01. The van der Waals surface area contributed by atoms with Crippen molar-refractivity contribution in [2.24, 2.45) is 0 Å². The van der Waals surface area contributed by atoms with E-state index in [0.717, 1.165) is 16.6 Å². The topological polar surface area (TPSA) is 55.1 Å². The van der Waals surface area contributed by atoms with Gasteiger partial charge in [0.15, 0.2) is 0 Å². The van der Waals surface area contributed by atoms with Crippen LogP contribution in [0, 0.1) is 0 Å². The highest BCUT2D eigenvalue weighted by molar-refractivity contribution is 5.93. The van der Waals surface area contributed by atoms with Gasteiger partial charge in [0.1, 0.15) is 0 Å². The van der Waals surface area contributed by atoms with Crippen LogP contribution in [0.4, 0.5) is 0 Å². The Morgan fingerprint density at radius 1 is 1.00 bits per heavy atom. The van der Waals surface area contributed by atoms with E-state index in [0.29, 0.717) is 5.39 Å². The van der Waals surface area contributed by atoms with Crippen molar-refractivity contribution in [1.29, 1.82) is 0 Å². The lowest BCUT2D eigenvalue weighted by Crippen LogP contribution is -2.34. The highest BCUT2D eigenvalue weighted by Crippen LogP contribution is 2.24. The molecule has 0 amide bonds. The fourth-order valence-corrected chi connectivity index (χ4v) is 2.52. The Labute approximate surface area is 128 Å². The molecule has 1 heterocycles. The lowest BCUT2D eigenvalue weighted by Gasteiger charge is -2.19. The van der Waals surface area contributed by atoms with Crippen LogP contribution >= 0.6 is 0 Å². The molecule has 0 aliphatic heterocycles. The van der Waals surface area contributed by atoms with Gasteiger partial charge in [0.05, 0.1) is 23.2 Å². The van der Waals surface area contributed by atoms with Gasteiger partial charge in [0, 0.05) is 10.9 Å². The Kier molecular flexibility index (Phi) is 3.54. The molecule has 0 fully saturated rings. The first-order chi connectivity index (χ1) is 10.5. The van der Waals surface area contributed by atoms with Crippen molar-refractivity contribution in [1.82, 2.24) is 9.78 Å². The summed E-state index contributed by atoms with van der Waals surface area (Å²) in [6, 6.07) is 17.2. The second-order valence-corrected chi connectivity index (χ2v) is 6.04. The van der Waals surface area contributed by atoms with Gasteiger partial charge in [-0.05, 0) is 19.9 Å². The average Bonchev–Trinajstić information content (AvgIpc) is 2.50. The minimum Gasteiger partial charge on any atom is -0.389 e. The predicted octanol–water partition coefficient (Wildman–Crippen LogP) is 2.83. The molecule has 22 heavy (non-hydrogen) atoms. The maximum atomic E-state index is 12.6. The van der Waals surface area contributed by atoms with Crippen LogP contribution in [-0.2, 0) is 6.54 Å². The molecule has 1 N–H and O–H groups in total. The summed E-state index contributed by atoms with van der Waals surface area (Å²) >= 11 is 0. The highest BCUT2D eigenvalue weighted by atomic mass is 16.3. The number of hydrogen-bond donors (Lipinski definition) is 1. The van der Waals surface area contributed by atoms with Crippen molar-refractivity contribution < 1.29 is 5.11 Å². The first-order valence-corrected chi connectivity index (χ1v) is 7.23. The predicted molar refractivity (Wildman–Crippen MR) is 87.7 cm³/mol. The SMILES string of the molecule is CC(C)(O)Cn1nc(-c2ccccc2)c2ccccc2c1=O. The van der Waals surface area contributed by atoms with Crippen molar-refractivity contribution in [3.8, 4) is 11.3 Å². The Hall–Kier alpha value is -2.46. The van der Waals surface area contributed by atoms with Crippen LogP contribution in [0.1, 0.15) is 13.8 Å². The molecule has 0 radical (unpaired) electrons. The van der Waals surface area contributed by atoms with Gasteiger partial charge < -0.3 is 5.11 Å². The summed E-state index contributed by atoms with van der Waals surface area (Å²) in [6.45, 7) is 3.48. The van der Waals surface area contributed by atoms with E-state index < -0.39 is 5.60 Å². The van der Waals surface area contributed by atoms with E-state index in [1.165, 1.54) is 4.68 Å². The summed E-state index contributed by atoms with van der Waals surface area (Å²) in [5.74, 6) is 0. The lowest BCUT2D eigenvalue weighted by atomic mass is 10.0. The van der Waals surface area contributed by atoms with Crippen LogP contribution in [0.3, 0.4) is 0 Å². The summed E-state index contributed by atoms with van der Waals surface area (Å²) in [4.78, 5) is 12.6. The van der Waals surface area contributed by atoms with Gasteiger partial charge in [-0.2, -0.15) is 5.10 Å². The first kappa shape index (κ1) is 14.5. The van der Waals surface area contributed by atoms with Crippen LogP contribution in [0.15, 0.2) is 59.4 Å². The van der Waals surface area contributed by atoms with Gasteiger partial charge in [0.2, 0.25) is 0 Å². The standard InChI is InChI=1S/C18H18N2O2/c1-18(2,22)12-20-17(21)15-11-7-6-10-14(15)16(19-20)13-8-4-3-5-9-13/h3-11,22H,12H2,1-2H3. The van der Waals surface area contributed by atoms with E-state index in [2.05, 4.69) is 5.10 Å². The molecule has 0 bridgehead atoms. The Bertz CT molecular complexity index is 862. The fourth-order valence-electron chi connectivity index (χ4n) is 2.52. The van der Waals surface area contributed by atoms with Crippen molar-refractivity contribution in [2.75, 3.05) is 0 Å². The van der Waals surface area contributed by atoms with Crippen LogP contribution in [-0.4, -0.2) is 20.5 Å². The molecule has 3 aromatic rings. The largest absolute Gasteiger partial charge is 0.389 e. The van der Waals surface area contributed by atoms with Gasteiger partial charge >= 0.3 is 0 Å². The highest BCUT2D eigenvalue weighted by Gasteiger charge is 2.18. The average molecular weight is 294 g/mol. The molecule has 2 aromatic carbocycles. The van der Waals surface area contributed by atoms with Gasteiger partial charge in [-0.15, -0.1) is 0 Å². The van der Waals surface area contributed by atoms with Crippen molar-refractivity contribution in [2.45, 2.75) is 26.0 Å². The molecule has 0 atom stereocenters. The number of fused-ring (bicyclic) bond motifs is 1. The zero-order chi connectivity index (χ0) is 15.7. The molecule has 0 aliphatic carbocycles. The van der Waals surface area contributed by atoms with E-state index in [1.54, 1.807) is 19.9 Å². The third-order valence-corrected chi connectivity index (χ3v) is 3.45. The van der Waals surface area contributed by atoms with E-state index >= 15 is 0 Å². The van der Waals surface area contributed by atoms with Crippen LogP contribution in [0.5, 0.6) is 0 Å². The van der Waals surface area contributed by atoms with E-state index in [1.807, 2.05) is 48.5 Å². The summed E-state index contributed by atoms with van der Waals surface area (Å²) in [5, 5.41) is 16.0. The van der Waals surface area contributed by atoms with Gasteiger partial charge in [-0.1, -0.05) is 48.5 Å². The first-order valence-electron chi connectivity index (χ1n) is 7.23. The zero-order valence-corrected chi connectivity index (χ0v) is 12.7. The Morgan fingerprint density at radius 2 is 1.59 bits per heavy atom. The van der Waals surface area contributed by atoms with Crippen LogP contribution in [0.25, 0.3) is 22.0 Å². The number of rotatable bonds is 3. The number of aromatic nitrogens is 2. The molecule has 0 aliphatic rings. The number of aliphatic hydroxyl groups is 1. The number of benzene rings is 2. The molecule has 4 heteroatoms. The van der Waals surface area contributed by atoms with Crippen LogP contribution in [0.2, 0.25) is 0 Å². The smallest absolute Gasteiger partial charge is 0.274 e. The maximum absolute atomic E-state index is 12.6. The quantitative estimate of drug-likeness (QED) is 0.808. The third kappa shape index (κ3) is 2.78. The molecule has 0 saturated heterocycles. The second-order valence-electron chi connectivity index (χ2n) is 6.04. The Morgan fingerprint density at radius 3 is 2.23 bits per heavy atom. The zero-order valence-electron chi connectivity index (χ0n) is 12.7. The summed E-state index contributed by atoms with van der Waals surface area (Å²) < 4.78 is 1.35. The summed E-state index contributed by atoms with van der Waals surface area (Å²) in [5.41, 5.74) is 0.508. The van der Waals surface area contributed by atoms with Crippen LogP contribution < -0.4 is 5.56 Å². The molecule has 3 rings (SSSR count). The molecule has 4 nitrogen and oxygen atoms in total. The Balaban J connectivity index is 2.31. The van der Waals surface area contributed by atoms with Gasteiger partial charge in [0.25, 0.3) is 5.56 Å². The summed E-state index contributed by atoms with van der Waals surface area (Å²) in [7, 11) is 0.